The number of aryl methyl sites for hydroxylation is 1. The Kier molecular flexibility index (Phi) is 2.63. The van der Waals surface area contributed by atoms with Crippen LogP contribution in [0.1, 0.15) is 17.7 Å². The maximum absolute atomic E-state index is 10.00. The Morgan fingerprint density at radius 1 is 1.67 bits per heavy atom. The molecule has 12 heavy (non-hydrogen) atoms. The van der Waals surface area contributed by atoms with Crippen molar-refractivity contribution < 1.29 is 4.79 Å². The summed E-state index contributed by atoms with van der Waals surface area (Å²) in [6.07, 6.45) is 4.79. The molecule has 0 radical (unpaired) electrons. The highest BCUT2D eigenvalue weighted by Crippen LogP contribution is 2.13. The third kappa shape index (κ3) is 1.72. The van der Waals surface area contributed by atoms with Gasteiger partial charge < -0.3 is 10.5 Å². The van der Waals surface area contributed by atoms with Gasteiger partial charge in [-0.25, -0.2) is 0 Å². The summed E-state index contributed by atoms with van der Waals surface area (Å²) in [6.45, 7) is 1.88. The minimum Gasteiger partial charge on any atom is -0.382 e. The van der Waals surface area contributed by atoms with Crippen LogP contribution in [0.25, 0.3) is 6.08 Å². The number of nitrogen functional groups attached to an aromatic ring is 1. The average Bonchev–Trinajstić information content (AvgIpc) is 2.35. The van der Waals surface area contributed by atoms with Crippen molar-refractivity contribution in [1.82, 2.24) is 10.2 Å². The SMILES string of the molecule is Cc1[nH]nc(N)c1C=CCC=O. The lowest BCUT2D eigenvalue weighted by atomic mass is 10.2. The second-order valence-corrected chi connectivity index (χ2v) is 2.45. The molecule has 0 aliphatic carbocycles. The fraction of sp³-hybridized carbons (Fsp3) is 0.250. The summed E-state index contributed by atoms with van der Waals surface area (Å²) in [5, 5.41) is 6.56. The molecule has 0 aromatic carbocycles. The van der Waals surface area contributed by atoms with Gasteiger partial charge in [-0.3, -0.25) is 5.10 Å². The number of anilines is 1. The Morgan fingerprint density at radius 2 is 2.42 bits per heavy atom. The van der Waals surface area contributed by atoms with Gasteiger partial charge in [-0.2, -0.15) is 5.10 Å². The molecule has 1 aromatic heterocycles. The van der Waals surface area contributed by atoms with E-state index in [4.69, 9.17) is 5.73 Å². The number of hydrogen-bond donors (Lipinski definition) is 2. The van der Waals surface area contributed by atoms with E-state index < -0.39 is 0 Å². The highest BCUT2D eigenvalue weighted by molar-refractivity contribution is 5.65. The van der Waals surface area contributed by atoms with Gasteiger partial charge in [0.15, 0.2) is 5.82 Å². The van der Waals surface area contributed by atoms with Gasteiger partial charge in [0.2, 0.25) is 0 Å². The van der Waals surface area contributed by atoms with Crippen molar-refractivity contribution in [2.75, 3.05) is 5.73 Å². The van der Waals surface area contributed by atoms with Crippen molar-refractivity contribution in [2.45, 2.75) is 13.3 Å². The van der Waals surface area contributed by atoms with Crippen LogP contribution >= 0.6 is 0 Å². The van der Waals surface area contributed by atoms with Gasteiger partial charge in [0, 0.05) is 17.7 Å². The zero-order valence-electron chi connectivity index (χ0n) is 6.87. The van der Waals surface area contributed by atoms with Crippen molar-refractivity contribution in [3.05, 3.63) is 17.3 Å². The highest BCUT2D eigenvalue weighted by Gasteiger charge is 2.01. The van der Waals surface area contributed by atoms with Gasteiger partial charge in [0.1, 0.15) is 6.29 Å². The van der Waals surface area contributed by atoms with E-state index >= 15 is 0 Å². The fourth-order valence-electron chi connectivity index (χ4n) is 0.908. The zero-order valence-corrected chi connectivity index (χ0v) is 6.87. The Balaban J connectivity index is 2.80. The smallest absolute Gasteiger partial charge is 0.152 e. The maximum atomic E-state index is 10.00. The number of aromatic amines is 1. The minimum absolute atomic E-state index is 0.407. The summed E-state index contributed by atoms with van der Waals surface area (Å²) < 4.78 is 0. The van der Waals surface area contributed by atoms with Crippen LogP contribution in [0, 0.1) is 6.92 Å². The van der Waals surface area contributed by atoms with E-state index in [1.54, 1.807) is 12.2 Å². The first-order chi connectivity index (χ1) is 5.75. The Bertz CT molecular complexity index is 282. The van der Waals surface area contributed by atoms with Crippen LogP contribution < -0.4 is 5.73 Å². The van der Waals surface area contributed by atoms with E-state index in [2.05, 4.69) is 10.2 Å². The van der Waals surface area contributed by atoms with Gasteiger partial charge in [0.05, 0.1) is 0 Å². The molecule has 0 saturated heterocycles. The van der Waals surface area contributed by atoms with Crippen LogP contribution in [-0.2, 0) is 4.79 Å². The van der Waals surface area contributed by atoms with E-state index in [-0.39, 0.29) is 0 Å². The van der Waals surface area contributed by atoms with E-state index in [1.807, 2.05) is 6.92 Å². The predicted molar refractivity (Wildman–Crippen MR) is 47.5 cm³/mol. The van der Waals surface area contributed by atoms with Crippen molar-refractivity contribution in [1.29, 1.82) is 0 Å². The van der Waals surface area contributed by atoms with Crippen LogP contribution in [0.5, 0.6) is 0 Å². The van der Waals surface area contributed by atoms with E-state index in [9.17, 15) is 4.79 Å². The number of allylic oxidation sites excluding steroid dienone is 1. The number of nitrogens with one attached hydrogen (secondary N) is 1. The minimum atomic E-state index is 0.407. The predicted octanol–water partition coefficient (Wildman–Crippen LogP) is 0.903. The van der Waals surface area contributed by atoms with Crippen LogP contribution in [-0.4, -0.2) is 16.5 Å². The van der Waals surface area contributed by atoms with E-state index in [1.165, 1.54) is 0 Å². The molecule has 1 heterocycles. The van der Waals surface area contributed by atoms with Gasteiger partial charge in [-0.1, -0.05) is 12.2 Å². The zero-order chi connectivity index (χ0) is 8.97. The molecule has 0 amide bonds. The molecule has 0 aliphatic heterocycles. The number of rotatable bonds is 3. The number of carbonyl (C=O) groups excluding carboxylic acids is 1. The molecule has 1 rings (SSSR count). The monoisotopic (exact) mass is 165 g/mol. The third-order valence-electron chi connectivity index (χ3n) is 1.54. The number of nitrogens with two attached hydrogens (primary N) is 1. The lowest BCUT2D eigenvalue weighted by Crippen LogP contribution is -1.86. The van der Waals surface area contributed by atoms with Crippen molar-refractivity contribution >= 4 is 18.2 Å². The van der Waals surface area contributed by atoms with Crippen molar-refractivity contribution in [3.63, 3.8) is 0 Å². The number of carbonyl (C=O) groups is 1. The lowest BCUT2D eigenvalue weighted by Gasteiger charge is -1.89. The van der Waals surface area contributed by atoms with Crippen LogP contribution in [0.3, 0.4) is 0 Å². The van der Waals surface area contributed by atoms with Crippen molar-refractivity contribution in [2.24, 2.45) is 0 Å². The summed E-state index contributed by atoms with van der Waals surface area (Å²) >= 11 is 0. The van der Waals surface area contributed by atoms with E-state index in [0.29, 0.717) is 12.2 Å². The average molecular weight is 165 g/mol. The maximum Gasteiger partial charge on any atom is 0.152 e. The van der Waals surface area contributed by atoms with Gasteiger partial charge in [0.25, 0.3) is 0 Å². The molecule has 3 N–H and O–H groups in total. The summed E-state index contributed by atoms with van der Waals surface area (Å²) in [5.41, 5.74) is 7.31. The number of hydrogen-bond acceptors (Lipinski definition) is 3. The summed E-state index contributed by atoms with van der Waals surface area (Å²) in [6, 6.07) is 0. The van der Waals surface area contributed by atoms with Gasteiger partial charge in [-0.15, -0.1) is 0 Å². The van der Waals surface area contributed by atoms with Crippen molar-refractivity contribution in [3.8, 4) is 0 Å². The first-order valence-electron chi connectivity index (χ1n) is 3.66. The number of aldehydes is 1. The molecule has 0 aliphatic rings. The Hall–Kier alpha value is -1.58. The van der Waals surface area contributed by atoms with Crippen LogP contribution in [0.2, 0.25) is 0 Å². The molecule has 64 valence electrons. The number of aromatic nitrogens is 2. The topological polar surface area (TPSA) is 71.8 Å². The molecule has 0 atom stereocenters. The second kappa shape index (κ2) is 3.71. The molecule has 1 aromatic rings. The molecule has 0 spiro atoms. The van der Waals surface area contributed by atoms with E-state index in [0.717, 1.165) is 17.5 Å². The molecule has 0 unspecified atom stereocenters. The normalized spacial score (nSPS) is 10.8. The highest BCUT2D eigenvalue weighted by atomic mass is 16.1. The molecule has 4 heteroatoms. The third-order valence-corrected chi connectivity index (χ3v) is 1.54. The summed E-state index contributed by atoms with van der Waals surface area (Å²) in [4.78, 5) is 10.00. The number of nitrogens with zero attached hydrogens (tertiary/aromatic N) is 1. The van der Waals surface area contributed by atoms with Gasteiger partial charge >= 0.3 is 0 Å². The standard InChI is InChI=1S/C8H11N3O/c1-6-7(4-2-3-5-12)8(9)11-10-6/h2,4-5H,3H2,1H3,(H3,9,10,11). The molecule has 0 fully saturated rings. The first kappa shape index (κ1) is 8.52. The van der Waals surface area contributed by atoms with Gasteiger partial charge in [-0.05, 0) is 6.92 Å². The first-order valence-corrected chi connectivity index (χ1v) is 3.66. The largest absolute Gasteiger partial charge is 0.382 e. The molecule has 4 nitrogen and oxygen atoms in total. The van der Waals surface area contributed by atoms with Crippen LogP contribution in [0.15, 0.2) is 6.08 Å². The summed E-state index contributed by atoms with van der Waals surface area (Å²) in [5.74, 6) is 0.467. The summed E-state index contributed by atoms with van der Waals surface area (Å²) in [7, 11) is 0. The Labute approximate surface area is 70.5 Å². The quantitative estimate of drug-likeness (QED) is 0.653. The van der Waals surface area contributed by atoms with Crippen LogP contribution in [0.4, 0.5) is 5.82 Å². The lowest BCUT2D eigenvalue weighted by molar-refractivity contribution is -0.107. The Morgan fingerprint density at radius 3 is 2.92 bits per heavy atom. The molecular formula is C8H11N3O. The number of H-pyrrole nitrogens is 1. The molecule has 0 saturated carbocycles. The molecule has 0 bridgehead atoms. The molecular weight excluding hydrogens is 154 g/mol. The fourth-order valence-corrected chi connectivity index (χ4v) is 0.908. The second-order valence-electron chi connectivity index (χ2n) is 2.45.